The van der Waals surface area contributed by atoms with Crippen LogP contribution in [0.1, 0.15) is 13.3 Å². The largest absolute Gasteiger partial charge is 0.481 e. The summed E-state index contributed by atoms with van der Waals surface area (Å²) in [4.78, 5) is 11.6. The van der Waals surface area contributed by atoms with Crippen molar-refractivity contribution >= 4 is 29.1 Å². The van der Waals surface area contributed by atoms with Crippen LogP contribution in [0, 0.1) is 0 Å². The monoisotopic (exact) mass is 349 g/mol. The summed E-state index contributed by atoms with van der Waals surface area (Å²) >= 11 is 0. The highest BCUT2D eigenvalue weighted by molar-refractivity contribution is 7.96. The van der Waals surface area contributed by atoms with Gasteiger partial charge in [-0.1, -0.05) is 54.6 Å². The van der Waals surface area contributed by atoms with Crippen LogP contribution < -0.4 is 15.9 Å². The summed E-state index contributed by atoms with van der Waals surface area (Å²) in [6.07, 6.45) is 0.145. The summed E-state index contributed by atoms with van der Waals surface area (Å²) in [6, 6.07) is 31.2. The van der Waals surface area contributed by atoms with Crippen LogP contribution in [0.15, 0.2) is 91.0 Å². The summed E-state index contributed by atoms with van der Waals surface area (Å²) in [6.45, 7) is 2.08. The van der Waals surface area contributed by atoms with E-state index in [2.05, 4.69) is 43.3 Å². The molecule has 0 aromatic heterocycles. The molecule has 0 bridgehead atoms. The molecule has 0 aliphatic carbocycles. The maximum atomic E-state index is 11.6. The lowest BCUT2D eigenvalue weighted by Crippen LogP contribution is -2.38. The minimum atomic E-state index is -2.08. The molecule has 0 saturated carbocycles. The summed E-state index contributed by atoms with van der Waals surface area (Å²) in [5.41, 5.74) is -0.00259. The molecule has 3 aromatic rings. The van der Waals surface area contributed by atoms with Crippen molar-refractivity contribution in [2.75, 3.05) is 0 Å². The number of carboxylic acids is 1. The van der Waals surface area contributed by atoms with Crippen LogP contribution >= 0.6 is 7.26 Å². The van der Waals surface area contributed by atoms with Gasteiger partial charge in [0.05, 0.1) is 12.1 Å². The lowest BCUT2D eigenvalue weighted by atomic mass is 10.3. The van der Waals surface area contributed by atoms with Gasteiger partial charge in [0.25, 0.3) is 0 Å². The van der Waals surface area contributed by atoms with Gasteiger partial charge in [-0.15, -0.1) is 0 Å². The SMILES string of the molecule is C[C@H](CC(=O)O)[P+](c1ccccc1)(c1ccccc1)c1ccccc1. The third-order valence-electron chi connectivity index (χ3n) is 4.62. The van der Waals surface area contributed by atoms with E-state index in [0.29, 0.717) is 0 Å². The molecule has 2 nitrogen and oxygen atoms in total. The van der Waals surface area contributed by atoms with Gasteiger partial charge in [-0.05, 0) is 43.3 Å². The zero-order valence-electron chi connectivity index (χ0n) is 14.2. The number of rotatable bonds is 6. The van der Waals surface area contributed by atoms with E-state index in [-0.39, 0.29) is 12.1 Å². The van der Waals surface area contributed by atoms with Crippen LogP contribution in [0.25, 0.3) is 0 Å². The highest BCUT2D eigenvalue weighted by Crippen LogP contribution is 2.60. The molecule has 1 atom stereocenters. The minimum absolute atomic E-state index is 0.00259. The van der Waals surface area contributed by atoms with E-state index in [1.165, 1.54) is 15.9 Å². The molecular formula is C22H22O2P+. The predicted molar refractivity (Wildman–Crippen MR) is 107 cm³/mol. The molecule has 0 unspecified atom stereocenters. The first-order valence-corrected chi connectivity index (χ1v) is 10.3. The Kier molecular flexibility index (Phi) is 5.31. The van der Waals surface area contributed by atoms with Crippen molar-refractivity contribution in [1.82, 2.24) is 0 Å². The molecule has 0 heterocycles. The highest BCUT2D eigenvalue weighted by Gasteiger charge is 2.50. The lowest BCUT2D eigenvalue weighted by molar-refractivity contribution is -0.136. The van der Waals surface area contributed by atoms with Crippen LogP contribution in [0.4, 0.5) is 0 Å². The first kappa shape index (κ1) is 17.4. The van der Waals surface area contributed by atoms with E-state index in [9.17, 15) is 9.90 Å². The van der Waals surface area contributed by atoms with Crippen molar-refractivity contribution in [1.29, 1.82) is 0 Å². The number of carbonyl (C=O) groups is 1. The van der Waals surface area contributed by atoms with Crippen LogP contribution in [-0.2, 0) is 4.79 Å². The predicted octanol–water partition coefficient (Wildman–Crippen LogP) is 3.84. The Morgan fingerprint density at radius 1 is 0.760 bits per heavy atom. The normalized spacial score (nSPS) is 12.5. The molecular weight excluding hydrogens is 327 g/mol. The van der Waals surface area contributed by atoms with Crippen molar-refractivity contribution in [3.63, 3.8) is 0 Å². The van der Waals surface area contributed by atoms with Gasteiger partial charge >= 0.3 is 5.97 Å². The molecule has 126 valence electrons. The van der Waals surface area contributed by atoms with Crippen LogP contribution in [0.2, 0.25) is 0 Å². The van der Waals surface area contributed by atoms with Crippen LogP contribution in [-0.4, -0.2) is 16.7 Å². The van der Waals surface area contributed by atoms with Crippen molar-refractivity contribution in [2.45, 2.75) is 19.0 Å². The number of hydrogen-bond donors (Lipinski definition) is 1. The Morgan fingerprint density at radius 3 is 1.36 bits per heavy atom. The molecule has 3 aromatic carbocycles. The first-order chi connectivity index (χ1) is 12.2. The summed E-state index contributed by atoms with van der Waals surface area (Å²) in [5.74, 6) is -0.750. The van der Waals surface area contributed by atoms with E-state index in [1.807, 2.05) is 54.6 Å². The van der Waals surface area contributed by atoms with E-state index < -0.39 is 13.2 Å². The summed E-state index contributed by atoms with van der Waals surface area (Å²) < 4.78 is 0. The second kappa shape index (κ2) is 7.63. The van der Waals surface area contributed by atoms with E-state index in [4.69, 9.17) is 0 Å². The second-order valence-electron chi connectivity index (χ2n) is 6.18. The average Bonchev–Trinajstić information content (AvgIpc) is 2.64. The van der Waals surface area contributed by atoms with E-state index in [1.54, 1.807) is 0 Å². The minimum Gasteiger partial charge on any atom is -0.481 e. The molecule has 0 spiro atoms. The molecule has 3 rings (SSSR count). The third kappa shape index (κ3) is 3.36. The molecule has 25 heavy (non-hydrogen) atoms. The topological polar surface area (TPSA) is 37.3 Å². The maximum absolute atomic E-state index is 11.6. The quantitative estimate of drug-likeness (QED) is 0.687. The van der Waals surface area contributed by atoms with Gasteiger partial charge in [0.15, 0.2) is 0 Å². The number of benzene rings is 3. The fraction of sp³-hybridized carbons (Fsp3) is 0.136. The van der Waals surface area contributed by atoms with Gasteiger partial charge in [-0.3, -0.25) is 4.79 Å². The van der Waals surface area contributed by atoms with E-state index >= 15 is 0 Å². The molecule has 0 saturated heterocycles. The lowest BCUT2D eigenvalue weighted by Gasteiger charge is -2.32. The average molecular weight is 349 g/mol. The Balaban J connectivity index is 2.33. The van der Waals surface area contributed by atoms with Crippen molar-refractivity contribution < 1.29 is 9.90 Å². The fourth-order valence-electron chi connectivity index (χ4n) is 3.59. The molecule has 1 N–H and O–H groups in total. The molecule has 0 aliphatic rings. The van der Waals surface area contributed by atoms with Gasteiger partial charge in [-0.2, -0.15) is 0 Å². The van der Waals surface area contributed by atoms with Gasteiger partial charge in [0, 0.05) is 0 Å². The smallest absolute Gasteiger partial charge is 0.307 e. The number of hydrogen-bond acceptors (Lipinski definition) is 1. The van der Waals surface area contributed by atoms with Crippen molar-refractivity contribution in [2.24, 2.45) is 0 Å². The molecule has 0 amide bonds. The van der Waals surface area contributed by atoms with Crippen LogP contribution in [0.3, 0.4) is 0 Å². The van der Waals surface area contributed by atoms with Gasteiger partial charge < -0.3 is 5.11 Å². The van der Waals surface area contributed by atoms with Gasteiger partial charge in [-0.25, -0.2) is 0 Å². The van der Waals surface area contributed by atoms with Crippen molar-refractivity contribution in [3.05, 3.63) is 91.0 Å². The highest BCUT2D eigenvalue weighted by atomic mass is 31.2. The maximum Gasteiger partial charge on any atom is 0.307 e. The zero-order chi connectivity index (χ0) is 17.7. The molecule has 0 radical (unpaired) electrons. The summed E-state index contributed by atoms with van der Waals surface area (Å²) in [5, 5.41) is 13.2. The second-order valence-corrected chi connectivity index (χ2v) is 10.1. The number of carboxylic acid groups (broad SMARTS) is 1. The Morgan fingerprint density at radius 2 is 1.08 bits per heavy atom. The Bertz CT molecular complexity index is 720. The first-order valence-electron chi connectivity index (χ1n) is 8.43. The third-order valence-corrected chi connectivity index (χ3v) is 9.46. The number of aliphatic carboxylic acids is 1. The van der Waals surface area contributed by atoms with Gasteiger partial charge in [0.2, 0.25) is 0 Å². The Hall–Kier alpha value is -2.44. The van der Waals surface area contributed by atoms with Gasteiger partial charge in [0.1, 0.15) is 23.2 Å². The standard InChI is InChI=1S/C22H21O2P/c1-18(17-22(23)24)25(19-11-5-2-6-12-19,20-13-7-3-8-14-20)21-15-9-4-10-16-21/h2-16,18H,17H2,1H3/p+1/t18-/m1/s1. The van der Waals surface area contributed by atoms with Crippen LogP contribution in [0.5, 0.6) is 0 Å². The molecule has 0 fully saturated rings. The fourth-order valence-corrected chi connectivity index (χ4v) is 8.37. The van der Waals surface area contributed by atoms with E-state index in [0.717, 1.165) is 0 Å². The van der Waals surface area contributed by atoms with Crippen molar-refractivity contribution in [3.8, 4) is 0 Å². The molecule has 0 aliphatic heterocycles. The summed E-state index contributed by atoms with van der Waals surface area (Å²) in [7, 11) is -2.08. The Labute approximate surface area is 149 Å². The zero-order valence-corrected chi connectivity index (χ0v) is 15.1. The molecule has 3 heteroatoms.